The summed E-state index contributed by atoms with van der Waals surface area (Å²) in [6.45, 7) is 10.4. The molecule has 2 unspecified atom stereocenters. The molecule has 0 bridgehead atoms. The smallest absolute Gasteiger partial charge is 0.270 e. The second-order valence-electron chi connectivity index (χ2n) is 7.38. The fourth-order valence-corrected chi connectivity index (χ4v) is 4.68. The van der Waals surface area contributed by atoms with Gasteiger partial charge >= 0.3 is 0 Å². The van der Waals surface area contributed by atoms with E-state index in [1.165, 1.54) is 29.8 Å². The molecule has 2 atom stereocenters. The predicted molar refractivity (Wildman–Crippen MR) is 127 cm³/mol. The van der Waals surface area contributed by atoms with Gasteiger partial charge in [-0.25, -0.2) is 14.4 Å². The van der Waals surface area contributed by atoms with Crippen molar-refractivity contribution in [2.45, 2.75) is 45.7 Å². The molecule has 0 N–H and O–H groups in total. The highest BCUT2D eigenvalue weighted by atomic mass is 32.1. The van der Waals surface area contributed by atoms with Crippen LogP contribution in [-0.2, 0) is 6.42 Å². The number of likely N-dealkylation sites (tertiary alicyclic amines) is 1. The van der Waals surface area contributed by atoms with Crippen molar-refractivity contribution in [3.63, 3.8) is 0 Å². The lowest BCUT2D eigenvalue weighted by molar-refractivity contribution is 0.0984. The van der Waals surface area contributed by atoms with Crippen molar-refractivity contribution in [3.05, 3.63) is 58.6 Å². The topological polar surface area (TPSA) is 74.6 Å². The van der Waals surface area contributed by atoms with Crippen LogP contribution in [0.1, 0.15) is 53.5 Å². The summed E-state index contributed by atoms with van der Waals surface area (Å²) in [6, 6.07) is 1.72. The van der Waals surface area contributed by atoms with Gasteiger partial charge in [-0.15, -0.1) is 11.3 Å². The number of halogens is 2. The third-order valence-corrected chi connectivity index (χ3v) is 6.54. The van der Waals surface area contributed by atoms with Gasteiger partial charge < -0.3 is 9.80 Å². The number of nitrogens with zero attached hydrogens (tertiary/aromatic N) is 6. The van der Waals surface area contributed by atoms with Crippen LogP contribution in [0.15, 0.2) is 48.0 Å². The Kier molecular flexibility index (Phi) is 8.37. The van der Waals surface area contributed by atoms with Gasteiger partial charge in [-0.3, -0.25) is 4.79 Å². The van der Waals surface area contributed by atoms with Crippen LogP contribution in [0.5, 0.6) is 0 Å². The molecule has 33 heavy (non-hydrogen) atoms. The number of thiazole rings is 1. The largest absolute Gasteiger partial charge is 0.354 e. The van der Waals surface area contributed by atoms with Crippen LogP contribution in [0.2, 0.25) is 0 Å². The third kappa shape index (κ3) is 5.50. The molecule has 4 rings (SSSR count). The van der Waals surface area contributed by atoms with Crippen LogP contribution < -0.4 is 4.90 Å². The summed E-state index contributed by atoms with van der Waals surface area (Å²) in [6.07, 6.45) is 6.16. The molecule has 1 fully saturated rings. The van der Waals surface area contributed by atoms with E-state index in [1.54, 1.807) is 28.9 Å². The Labute approximate surface area is 196 Å². The number of alkyl halides is 1. The quantitative estimate of drug-likeness (QED) is 0.448. The van der Waals surface area contributed by atoms with Crippen LogP contribution in [0, 0.1) is 0 Å². The molecule has 0 radical (unpaired) electrons. The molecule has 0 spiro atoms. The molecule has 0 aliphatic carbocycles. The van der Waals surface area contributed by atoms with Crippen LogP contribution in [0.4, 0.5) is 14.5 Å². The number of carbonyl (C=O) groups excluding carboxylic acids is 1. The van der Waals surface area contributed by atoms with E-state index in [2.05, 4.69) is 26.8 Å². The molecular formula is C23H28F2N6OS. The van der Waals surface area contributed by atoms with Crippen LogP contribution in [0.25, 0.3) is 0 Å². The predicted octanol–water partition coefficient (Wildman–Crippen LogP) is 4.70. The van der Waals surface area contributed by atoms with Crippen LogP contribution in [0.3, 0.4) is 0 Å². The van der Waals surface area contributed by atoms with E-state index >= 15 is 4.39 Å². The fraction of sp³-hybridized carbons (Fsp3) is 0.435. The first-order valence-corrected chi connectivity index (χ1v) is 11.8. The molecule has 1 amide bonds. The van der Waals surface area contributed by atoms with Crippen molar-refractivity contribution >= 4 is 28.9 Å². The summed E-state index contributed by atoms with van der Waals surface area (Å²) in [5.74, 6) is -1.20. The summed E-state index contributed by atoms with van der Waals surface area (Å²) >= 11 is 1.18. The van der Waals surface area contributed by atoms with Gasteiger partial charge in [-0.1, -0.05) is 26.5 Å². The SMILES string of the molecule is C=C/C=C(\N=C(\F)C(C)c1nc2c(s1)C(=O)N(c1ccnnc1)CC2)N1CCC(F)C1.CC. The summed E-state index contributed by atoms with van der Waals surface area (Å²) in [5.41, 5.74) is 1.34. The van der Waals surface area contributed by atoms with Crippen molar-refractivity contribution in [1.82, 2.24) is 20.1 Å². The van der Waals surface area contributed by atoms with Crippen molar-refractivity contribution in [3.8, 4) is 0 Å². The molecule has 1 saturated heterocycles. The van der Waals surface area contributed by atoms with Gasteiger partial charge in [0.1, 0.15) is 21.9 Å². The number of aromatic nitrogens is 3. The van der Waals surface area contributed by atoms with E-state index in [9.17, 15) is 9.18 Å². The first kappa shape index (κ1) is 24.6. The zero-order valence-corrected chi connectivity index (χ0v) is 19.9. The van der Waals surface area contributed by atoms with E-state index in [0.717, 1.165) is 0 Å². The van der Waals surface area contributed by atoms with E-state index in [0.29, 0.717) is 53.0 Å². The molecule has 2 aromatic rings. The van der Waals surface area contributed by atoms with E-state index in [-0.39, 0.29) is 12.5 Å². The fourth-order valence-electron chi connectivity index (χ4n) is 3.58. The average Bonchev–Trinajstić information content (AvgIpc) is 3.47. The first-order chi connectivity index (χ1) is 16.0. The molecule has 4 heterocycles. The standard InChI is InChI=1S/C21H22F2N6OS.C2H6/c1-3-4-17(28-9-6-14(22)12-28)27-19(23)13(2)20-26-16-7-10-29(21(30)18(16)31-20)15-5-8-24-25-11-15;1-2/h3-5,8,11,13-14H,1,6-7,9-10,12H2,2H3;1-2H3/b17-4+,27-19+;. The Morgan fingerprint density at radius 3 is 2.79 bits per heavy atom. The number of anilines is 1. The summed E-state index contributed by atoms with van der Waals surface area (Å²) in [5, 5.41) is 8.05. The summed E-state index contributed by atoms with van der Waals surface area (Å²) < 4.78 is 28.6. The zero-order valence-electron chi connectivity index (χ0n) is 19.0. The number of amides is 1. The molecule has 176 valence electrons. The Balaban J connectivity index is 0.00000149. The van der Waals surface area contributed by atoms with Gasteiger partial charge in [0.25, 0.3) is 5.91 Å². The van der Waals surface area contributed by atoms with E-state index < -0.39 is 18.1 Å². The van der Waals surface area contributed by atoms with Gasteiger partial charge in [0.15, 0.2) is 0 Å². The molecule has 10 heteroatoms. The monoisotopic (exact) mass is 474 g/mol. The molecule has 2 aliphatic heterocycles. The van der Waals surface area contributed by atoms with Crippen molar-refractivity contribution in [2.24, 2.45) is 4.99 Å². The molecule has 7 nitrogen and oxygen atoms in total. The highest BCUT2D eigenvalue weighted by Gasteiger charge is 2.32. The molecule has 0 saturated carbocycles. The maximum Gasteiger partial charge on any atom is 0.270 e. The van der Waals surface area contributed by atoms with Gasteiger partial charge in [0.2, 0.25) is 5.97 Å². The normalized spacial score (nSPS) is 19.7. The Bertz CT molecular complexity index is 1040. The highest BCUT2D eigenvalue weighted by Crippen LogP contribution is 2.32. The van der Waals surface area contributed by atoms with Crippen molar-refractivity contribution < 1.29 is 13.6 Å². The lowest BCUT2D eigenvalue weighted by Crippen LogP contribution is -2.37. The number of fused-ring (bicyclic) bond motifs is 1. The summed E-state index contributed by atoms with van der Waals surface area (Å²) in [4.78, 5) is 25.4. The average molecular weight is 475 g/mol. The third-order valence-electron chi connectivity index (χ3n) is 5.28. The highest BCUT2D eigenvalue weighted by molar-refractivity contribution is 7.14. The number of rotatable bonds is 6. The lowest BCUT2D eigenvalue weighted by Gasteiger charge is -2.25. The van der Waals surface area contributed by atoms with Gasteiger partial charge in [0.05, 0.1) is 36.2 Å². The minimum Gasteiger partial charge on any atom is -0.354 e. The second-order valence-corrected chi connectivity index (χ2v) is 8.41. The maximum absolute atomic E-state index is 15.0. The van der Waals surface area contributed by atoms with Crippen LogP contribution >= 0.6 is 11.3 Å². The Morgan fingerprint density at radius 1 is 1.36 bits per heavy atom. The van der Waals surface area contributed by atoms with E-state index in [4.69, 9.17) is 0 Å². The molecule has 0 aromatic carbocycles. The second kappa shape index (κ2) is 11.2. The summed E-state index contributed by atoms with van der Waals surface area (Å²) in [7, 11) is 0. The Morgan fingerprint density at radius 2 is 2.15 bits per heavy atom. The molecule has 2 aliphatic rings. The number of hydrogen-bond acceptors (Lipinski definition) is 7. The van der Waals surface area contributed by atoms with Gasteiger partial charge in [-0.2, -0.15) is 14.6 Å². The van der Waals surface area contributed by atoms with Crippen molar-refractivity contribution in [2.75, 3.05) is 24.5 Å². The Hall–Kier alpha value is -3.01. The van der Waals surface area contributed by atoms with Crippen LogP contribution in [-0.4, -0.2) is 57.8 Å². The molecular weight excluding hydrogens is 446 g/mol. The number of aliphatic imine (C=N–C) groups is 1. The van der Waals surface area contributed by atoms with E-state index in [1.807, 2.05) is 13.8 Å². The minimum atomic E-state index is -0.945. The van der Waals surface area contributed by atoms with Gasteiger partial charge in [0, 0.05) is 19.5 Å². The number of allylic oxidation sites excluding steroid dienone is 2. The van der Waals surface area contributed by atoms with Crippen molar-refractivity contribution in [1.29, 1.82) is 0 Å². The number of carbonyl (C=O) groups is 1. The zero-order chi connectivity index (χ0) is 24.0. The first-order valence-electron chi connectivity index (χ1n) is 11.0. The molecule has 2 aromatic heterocycles. The number of hydrogen-bond donors (Lipinski definition) is 0. The maximum atomic E-state index is 15.0. The lowest BCUT2D eigenvalue weighted by atomic mass is 10.1. The van der Waals surface area contributed by atoms with Gasteiger partial charge in [-0.05, 0) is 25.5 Å². The minimum absolute atomic E-state index is 0.180.